The molecule has 0 spiro atoms. The molecule has 0 aliphatic carbocycles. The molecule has 5 heteroatoms. The zero-order chi connectivity index (χ0) is 14.1. The first-order valence-corrected chi connectivity index (χ1v) is 6.36. The lowest BCUT2D eigenvalue weighted by Crippen LogP contribution is -2.41. The Balaban J connectivity index is 2.17. The summed E-state index contributed by atoms with van der Waals surface area (Å²) >= 11 is 0. The molecule has 0 radical (unpaired) electrons. The zero-order valence-corrected chi connectivity index (χ0v) is 11.4. The third-order valence-electron chi connectivity index (χ3n) is 2.64. The third kappa shape index (κ3) is 6.31. The average Bonchev–Trinajstić information content (AvgIpc) is 2.36. The largest absolute Gasteiger partial charge is 0.383 e. The number of benzene rings is 1. The van der Waals surface area contributed by atoms with E-state index in [0.29, 0.717) is 25.1 Å². The van der Waals surface area contributed by atoms with Crippen molar-refractivity contribution >= 4 is 5.91 Å². The molecule has 19 heavy (non-hydrogen) atoms. The third-order valence-corrected chi connectivity index (χ3v) is 2.64. The molecule has 106 valence electrons. The molecule has 1 aromatic rings. The highest BCUT2D eigenvalue weighted by Gasteiger charge is 2.06. The Labute approximate surface area is 113 Å². The molecule has 0 saturated carbocycles. The molecule has 0 aromatic heterocycles. The van der Waals surface area contributed by atoms with Gasteiger partial charge in [0.2, 0.25) is 5.91 Å². The van der Waals surface area contributed by atoms with Crippen molar-refractivity contribution in [2.24, 2.45) is 0 Å². The van der Waals surface area contributed by atoms with Crippen LogP contribution < -0.4 is 10.6 Å². The summed E-state index contributed by atoms with van der Waals surface area (Å²) in [5.41, 5.74) is 0.656. The molecule has 0 bridgehead atoms. The van der Waals surface area contributed by atoms with Gasteiger partial charge in [-0.15, -0.1) is 0 Å². The predicted octanol–water partition coefficient (Wildman–Crippen LogP) is 1.11. The monoisotopic (exact) mass is 268 g/mol. The van der Waals surface area contributed by atoms with E-state index >= 15 is 0 Å². The van der Waals surface area contributed by atoms with Crippen molar-refractivity contribution in [1.82, 2.24) is 10.6 Å². The molecule has 2 N–H and O–H groups in total. The second-order valence-corrected chi connectivity index (χ2v) is 4.44. The highest BCUT2D eigenvalue weighted by molar-refractivity contribution is 5.78. The van der Waals surface area contributed by atoms with Gasteiger partial charge in [0.05, 0.1) is 13.2 Å². The van der Waals surface area contributed by atoms with E-state index in [1.54, 1.807) is 25.3 Å². The van der Waals surface area contributed by atoms with Gasteiger partial charge in [-0.3, -0.25) is 4.79 Å². The van der Waals surface area contributed by atoms with E-state index in [4.69, 9.17) is 4.74 Å². The molecule has 0 heterocycles. The highest BCUT2D eigenvalue weighted by Crippen LogP contribution is 2.05. The normalized spacial score (nSPS) is 12.2. The van der Waals surface area contributed by atoms with Crippen molar-refractivity contribution in [2.75, 3.05) is 26.8 Å². The van der Waals surface area contributed by atoms with Crippen LogP contribution >= 0.6 is 0 Å². The fourth-order valence-corrected chi connectivity index (χ4v) is 1.74. The quantitative estimate of drug-likeness (QED) is 0.694. The SMILES string of the molecule is COCC(C)NC(=O)CNCCc1ccccc1F. The number of nitrogens with one attached hydrogen (secondary N) is 2. The van der Waals surface area contributed by atoms with Gasteiger partial charge in [-0.05, 0) is 31.5 Å². The summed E-state index contributed by atoms with van der Waals surface area (Å²) < 4.78 is 18.2. The predicted molar refractivity (Wildman–Crippen MR) is 72.5 cm³/mol. The van der Waals surface area contributed by atoms with Crippen LogP contribution in [0.5, 0.6) is 0 Å². The Morgan fingerprint density at radius 3 is 2.84 bits per heavy atom. The van der Waals surface area contributed by atoms with Crippen molar-refractivity contribution in [3.8, 4) is 0 Å². The standard InChI is InChI=1S/C14H21FN2O2/c1-11(10-19-2)17-14(18)9-16-8-7-12-5-3-4-6-13(12)15/h3-6,11,16H,7-10H2,1-2H3,(H,17,18). The minimum atomic E-state index is -0.206. The van der Waals surface area contributed by atoms with Crippen LogP contribution in [-0.4, -0.2) is 38.8 Å². The second-order valence-electron chi connectivity index (χ2n) is 4.44. The summed E-state index contributed by atoms with van der Waals surface area (Å²) in [4.78, 5) is 11.5. The van der Waals surface area contributed by atoms with Crippen LogP contribution in [0.4, 0.5) is 4.39 Å². The van der Waals surface area contributed by atoms with Gasteiger partial charge in [-0.25, -0.2) is 4.39 Å². The van der Waals surface area contributed by atoms with Gasteiger partial charge in [-0.1, -0.05) is 18.2 Å². The van der Waals surface area contributed by atoms with Crippen LogP contribution in [0.25, 0.3) is 0 Å². The topological polar surface area (TPSA) is 50.4 Å². The van der Waals surface area contributed by atoms with Gasteiger partial charge in [0.15, 0.2) is 0 Å². The van der Waals surface area contributed by atoms with Gasteiger partial charge < -0.3 is 15.4 Å². The first kappa shape index (κ1) is 15.6. The molecule has 1 unspecified atom stereocenters. The van der Waals surface area contributed by atoms with Crippen LogP contribution in [0.1, 0.15) is 12.5 Å². The maximum atomic E-state index is 13.3. The highest BCUT2D eigenvalue weighted by atomic mass is 19.1. The number of carbonyl (C=O) groups is 1. The molecule has 4 nitrogen and oxygen atoms in total. The van der Waals surface area contributed by atoms with E-state index in [0.717, 1.165) is 0 Å². The summed E-state index contributed by atoms with van der Waals surface area (Å²) in [6.45, 7) is 3.15. The maximum absolute atomic E-state index is 13.3. The van der Waals surface area contributed by atoms with Crippen LogP contribution in [0, 0.1) is 5.82 Å². The van der Waals surface area contributed by atoms with Crippen molar-refractivity contribution in [3.05, 3.63) is 35.6 Å². The van der Waals surface area contributed by atoms with E-state index in [-0.39, 0.29) is 24.3 Å². The number of hydrogen-bond acceptors (Lipinski definition) is 3. The molecule has 1 amide bonds. The molecule has 0 aliphatic rings. The molecule has 1 aromatic carbocycles. The van der Waals surface area contributed by atoms with E-state index in [1.165, 1.54) is 6.07 Å². The lowest BCUT2D eigenvalue weighted by atomic mass is 10.1. The molecule has 1 rings (SSSR count). The second kappa shape index (κ2) is 8.61. The van der Waals surface area contributed by atoms with Gasteiger partial charge in [-0.2, -0.15) is 0 Å². The summed E-state index contributed by atoms with van der Waals surface area (Å²) in [7, 11) is 1.59. The summed E-state index contributed by atoms with van der Waals surface area (Å²) in [6.07, 6.45) is 0.563. The Morgan fingerprint density at radius 2 is 2.16 bits per heavy atom. The summed E-state index contributed by atoms with van der Waals surface area (Å²) in [5.74, 6) is -0.291. The van der Waals surface area contributed by atoms with Crippen molar-refractivity contribution < 1.29 is 13.9 Å². The van der Waals surface area contributed by atoms with Crippen molar-refractivity contribution in [2.45, 2.75) is 19.4 Å². The molecular weight excluding hydrogens is 247 g/mol. The minimum absolute atomic E-state index is 0.00846. The van der Waals surface area contributed by atoms with Gasteiger partial charge in [0, 0.05) is 13.2 Å². The number of hydrogen-bond donors (Lipinski definition) is 2. The zero-order valence-electron chi connectivity index (χ0n) is 11.4. The Morgan fingerprint density at radius 1 is 1.42 bits per heavy atom. The Bertz CT molecular complexity index is 399. The summed E-state index contributed by atoms with van der Waals surface area (Å²) in [6, 6.07) is 6.64. The van der Waals surface area contributed by atoms with Crippen LogP contribution in [-0.2, 0) is 16.0 Å². The van der Waals surface area contributed by atoms with Crippen molar-refractivity contribution in [1.29, 1.82) is 0 Å². The van der Waals surface area contributed by atoms with Crippen LogP contribution in [0.3, 0.4) is 0 Å². The smallest absolute Gasteiger partial charge is 0.234 e. The summed E-state index contributed by atoms with van der Waals surface area (Å²) in [5, 5.41) is 5.78. The Kier molecular flexibility index (Phi) is 7.07. The van der Waals surface area contributed by atoms with Crippen LogP contribution in [0.2, 0.25) is 0 Å². The number of halogens is 1. The number of ether oxygens (including phenoxy) is 1. The average molecular weight is 268 g/mol. The fraction of sp³-hybridized carbons (Fsp3) is 0.500. The van der Waals surface area contributed by atoms with E-state index in [2.05, 4.69) is 10.6 Å². The van der Waals surface area contributed by atoms with Gasteiger partial charge >= 0.3 is 0 Å². The van der Waals surface area contributed by atoms with E-state index in [9.17, 15) is 9.18 Å². The molecule has 0 aliphatic heterocycles. The molecule has 0 saturated heterocycles. The lowest BCUT2D eigenvalue weighted by molar-refractivity contribution is -0.121. The first-order chi connectivity index (χ1) is 9.13. The van der Waals surface area contributed by atoms with Gasteiger partial charge in [0.1, 0.15) is 5.82 Å². The van der Waals surface area contributed by atoms with E-state index < -0.39 is 0 Å². The van der Waals surface area contributed by atoms with Gasteiger partial charge in [0.25, 0.3) is 0 Å². The molecule has 1 atom stereocenters. The number of rotatable bonds is 8. The lowest BCUT2D eigenvalue weighted by Gasteiger charge is -2.13. The number of methoxy groups -OCH3 is 1. The first-order valence-electron chi connectivity index (χ1n) is 6.36. The molecule has 0 fully saturated rings. The maximum Gasteiger partial charge on any atom is 0.234 e. The van der Waals surface area contributed by atoms with E-state index in [1.807, 2.05) is 6.92 Å². The van der Waals surface area contributed by atoms with Crippen LogP contribution in [0.15, 0.2) is 24.3 Å². The fourth-order valence-electron chi connectivity index (χ4n) is 1.74. The molecular formula is C14H21FN2O2. The van der Waals surface area contributed by atoms with Crippen molar-refractivity contribution in [3.63, 3.8) is 0 Å². The number of amides is 1. The Hall–Kier alpha value is -1.46. The number of carbonyl (C=O) groups excluding carboxylic acids is 1. The minimum Gasteiger partial charge on any atom is -0.383 e.